The second kappa shape index (κ2) is 4.48. The maximum absolute atomic E-state index is 10.6. The van der Waals surface area contributed by atoms with E-state index in [2.05, 4.69) is 4.98 Å². The number of carboxylic acid groups (broad SMARTS) is 1. The highest BCUT2D eigenvalue weighted by atomic mass is 16.5. The quantitative estimate of drug-likeness (QED) is 0.850. The molecule has 0 saturated heterocycles. The number of furan rings is 1. The van der Waals surface area contributed by atoms with Crippen LogP contribution in [0.2, 0.25) is 0 Å². The standard InChI is InChI=1S/C11H9NO4/c13-11(14)9-4-1-5-10(12-9)16-7-8-3-2-6-15-8/h1-6H,7H2,(H,13,14). The van der Waals surface area contributed by atoms with Crippen LogP contribution in [-0.2, 0) is 6.61 Å². The number of aromatic carboxylic acids is 1. The third-order valence-electron chi connectivity index (χ3n) is 1.89. The lowest BCUT2D eigenvalue weighted by Crippen LogP contribution is -2.02. The molecule has 0 unspecified atom stereocenters. The number of nitrogens with zero attached hydrogens (tertiary/aromatic N) is 1. The Kier molecular flexibility index (Phi) is 2.86. The molecule has 2 heterocycles. The molecule has 0 aliphatic carbocycles. The lowest BCUT2D eigenvalue weighted by Gasteiger charge is -2.03. The minimum atomic E-state index is -1.08. The van der Waals surface area contributed by atoms with E-state index in [1.165, 1.54) is 6.07 Å². The summed E-state index contributed by atoms with van der Waals surface area (Å²) in [7, 11) is 0. The molecule has 1 N–H and O–H groups in total. The summed E-state index contributed by atoms with van der Waals surface area (Å²) >= 11 is 0. The molecule has 5 nitrogen and oxygen atoms in total. The number of ether oxygens (including phenoxy) is 1. The van der Waals surface area contributed by atoms with Gasteiger partial charge >= 0.3 is 5.97 Å². The number of pyridine rings is 1. The minimum Gasteiger partial charge on any atom is -0.477 e. The van der Waals surface area contributed by atoms with Crippen molar-refractivity contribution in [1.29, 1.82) is 0 Å². The molecule has 0 bridgehead atoms. The van der Waals surface area contributed by atoms with E-state index in [0.717, 1.165) is 0 Å². The van der Waals surface area contributed by atoms with Crippen LogP contribution in [-0.4, -0.2) is 16.1 Å². The summed E-state index contributed by atoms with van der Waals surface area (Å²) in [5.74, 6) is -0.165. The molecule has 0 atom stereocenters. The normalized spacial score (nSPS) is 10.0. The van der Waals surface area contributed by atoms with Gasteiger partial charge in [-0.05, 0) is 18.2 Å². The van der Waals surface area contributed by atoms with Crippen molar-refractivity contribution >= 4 is 5.97 Å². The summed E-state index contributed by atoms with van der Waals surface area (Å²) in [5.41, 5.74) is -0.0445. The first kappa shape index (κ1) is 10.2. The highest BCUT2D eigenvalue weighted by Crippen LogP contribution is 2.10. The maximum Gasteiger partial charge on any atom is 0.354 e. The molecule has 0 aliphatic rings. The Bertz CT molecular complexity index is 478. The Hall–Kier alpha value is -2.30. The molecule has 2 aromatic rings. The SMILES string of the molecule is O=C(O)c1cccc(OCc2ccco2)n1. The number of carbonyl (C=O) groups is 1. The van der Waals surface area contributed by atoms with E-state index in [1.54, 1.807) is 30.5 Å². The first-order valence-electron chi connectivity index (χ1n) is 4.61. The fourth-order valence-electron chi connectivity index (χ4n) is 1.15. The monoisotopic (exact) mass is 219 g/mol. The summed E-state index contributed by atoms with van der Waals surface area (Å²) < 4.78 is 10.3. The fourth-order valence-corrected chi connectivity index (χ4v) is 1.15. The molecule has 2 rings (SSSR count). The van der Waals surface area contributed by atoms with Crippen LogP contribution in [0.1, 0.15) is 16.2 Å². The molecule has 0 aliphatic heterocycles. The summed E-state index contributed by atoms with van der Waals surface area (Å²) in [4.78, 5) is 14.5. The number of carboxylic acids is 1. The van der Waals surface area contributed by atoms with Gasteiger partial charge in [0.05, 0.1) is 6.26 Å². The van der Waals surface area contributed by atoms with E-state index >= 15 is 0 Å². The number of hydrogen-bond acceptors (Lipinski definition) is 4. The Morgan fingerprint density at radius 3 is 2.94 bits per heavy atom. The zero-order valence-electron chi connectivity index (χ0n) is 8.29. The van der Waals surface area contributed by atoms with Crippen molar-refractivity contribution in [3.05, 3.63) is 48.0 Å². The van der Waals surface area contributed by atoms with Crippen LogP contribution in [0, 0.1) is 0 Å². The van der Waals surface area contributed by atoms with Crippen LogP contribution in [0.25, 0.3) is 0 Å². The van der Waals surface area contributed by atoms with Gasteiger partial charge in [-0.2, -0.15) is 0 Å². The maximum atomic E-state index is 10.6. The van der Waals surface area contributed by atoms with Crippen molar-refractivity contribution < 1.29 is 19.1 Å². The first-order chi connectivity index (χ1) is 7.75. The van der Waals surface area contributed by atoms with Gasteiger partial charge in [-0.1, -0.05) is 6.07 Å². The van der Waals surface area contributed by atoms with Crippen molar-refractivity contribution in [2.75, 3.05) is 0 Å². The third kappa shape index (κ3) is 2.38. The highest BCUT2D eigenvalue weighted by Gasteiger charge is 2.06. The van der Waals surface area contributed by atoms with Crippen LogP contribution in [0.5, 0.6) is 5.88 Å². The second-order valence-corrected chi connectivity index (χ2v) is 3.03. The lowest BCUT2D eigenvalue weighted by molar-refractivity contribution is 0.0689. The molecule has 0 radical (unpaired) electrons. The zero-order chi connectivity index (χ0) is 11.4. The van der Waals surface area contributed by atoms with Gasteiger partial charge in [0, 0.05) is 6.07 Å². The lowest BCUT2D eigenvalue weighted by atomic mass is 10.3. The van der Waals surface area contributed by atoms with Crippen LogP contribution < -0.4 is 4.74 Å². The van der Waals surface area contributed by atoms with Crippen molar-refractivity contribution in [1.82, 2.24) is 4.98 Å². The summed E-state index contributed by atoms with van der Waals surface area (Å²) in [6.45, 7) is 0.225. The molecule has 2 aromatic heterocycles. The van der Waals surface area contributed by atoms with Crippen molar-refractivity contribution in [3.8, 4) is 5.88 Å². The van der Waals surface area contributed by atoms with E-state index < -0.39 is 5.97 Å². The Balaban J connectivity index is 2.04. The van der Waals surface area contributed by atoms with Gasteiger partial charge in [0.1, 0.15) is 12.4 Å². The number of rotatable bonds is 4. The average molecular weight is 219 g/mol. The predicted octanol–water partition coefficient (Wildman–Crippen LogP) is 1.95. The van der Waals surface area contributed by atoms with Gasteiger partial charge in [-0.3, -0.25) is 0 Å². The fraction of sp³-hybridized carbons (Fsp3) is 0.0909. The van der Waals surface area contributed by atoms with Crippen molar-refractivity contribution in [3.63, 3.8) is 0 Å². The van der Waals surface area contributed by atoms with Gasteiger partial charge in [-0.15, -0.1) is 0 Å². The highest BCUT2D eigenvalue weighted by molar-refractivity contribution is 5.85. The van der Waals surface area contributed by atoms with E-state index in [9.17, 15) is 4.79 Å². The van der Waals surface area contributed by atoms with Crippen LogP contribution in [0.4, 0.5) is 0 Å². The molecule has 5 heteroatoms. The third-order valence-corrected chi connectivity index (χ3v) is 1.89. The Labute approximate surface area is 91.3 Å². The van der Waals surface area contributed by atoms with E-state index in [4.69, 9.17) is 14.3 Å². The van der Waals surface area contributed by atoms with Crippen molar-refractivity contribution in [2.24, 2.45) is 0 Å². The second-order valence-electron chi connectivity index (χ2n) is 3.03. The van der Waals surface area contributed by atoms with E-state index in [1.807, 2.05) is 0 Å². The Morgan fingerprint density at radius 2 is 2.25 bits per heavy atom. The topological polar surface area (TPSA) is 72.6 Å². The predicted molar refractivity (Wildman–Crippen MR) is 54.2 cm³/mol. The molecule has 0 fully saturated rings. The molecule has 0 saturated carbocycles. The molecule has 0 spiro atoms. The molecule has 0 amide bonds. The van der Waals surface area contributed by atoms with E-state index in [0.29, 0.717) is 5.76 Å². The minimum absolute atomic E-state index is 0.0445. The van der Waals surface area contributed by atoms with Gasteiger partial charge in [0.15, 0.2) is 5.69 Å². The number of aromatic nitrogens is 1. The molecular weight excluding hydrogens is 210 g/mol. The summed E-state index contributed by atoms with van der Waals surface area (Å²) in [5, 5.41) is 8.72. The summed E-state index contributed by atoms with van der Waals surface area (Å²) in [6.07, 6.45) is 1.54. The van der Waals surface area contributed by atoms with Gasteiger partial charge in [0.25, 0.3) is 0 Å². The van der Waals surface area contributed by atoms with Crippen LogP contribution in [0.15, 0.2) is 41.0 Å². The molecule has 0 aromatic carbocycles. The van der Waals surface area contributed by atoms with Gasteiger partial charge in [-0.25, -0.2) is 9.78 Å². The zero-order valence-corrected chi connectivity index (χ0v) is 8.29. The van der Waals surface area contributed by atoms with Crippen LogP contribution >= 0.6 is 0 Å². The number of hydrogen-bond donors (Lipinski definition) is 1. The van der Waals surface area contributed by atoms with E-state index in [-0.39, 0.29) is 18.2 Å². The largest absolute Gasteiger partial charge is 0.477 e. The first-order valence-corrected chi connectivity index (χ1v) is 4.61. The Morgan fingerprint density at radius 1 is 1.38 bits per heavy atom. The summed E-state index contributed by atoms with van der Waals surface area (Å²) in [6, 6.07) is 8.09. The average Bonchev–Trinajstić information content (AvgIpc) is 2.79. The molecular formula is C11H9NO4. The van der Waals surface area contributed by atoms with Crippen molar-refractivity contribution in [2.45, 2.75) is 6.61 Å². The molecule has 82 valence electrons. The van der Waals surface area contributed by atoms with Crippen LogP contribution in [0.3, 0.4) is 0 Å². The van der Waals surface area contributed by atoms with Gasteiger partial charge in [0.2, 0.25) is 5.88 Å². The van der Waals surface area contributed by atoms with Gasteiger partial charge < -0.3 is 14.3 Å². The molecule has 16 heavy (non-hydrogen) atoms. The smallest absolute Gasteiger partial charge is 0.354 e.